The Bertz CT molecular complexity index is 577. The van der Waals surface area contributed by atoms with Crippen molar-refractivity contribution < 1.29 is 9.53 Å². The molecule has 0 bridgehead atoms. The van der Waals surface area contributed by atoms with Gasteiger partial charge in [-0.1, -0.05) is 16.6 Å². The normalized spacial score (nSPS) is 18.2. The number of piperidine rings is 1. The number of nitrogens with one attached hydrogen (secondary N) is 3. The standard InChI is InChI=1S/C13H16N6O2/c20-12(11-3-1-2-8-14-11)15-9-4-6-10(7-5-9)21-13-16-18-19-17-13/h4-7,11,14H,1-3,8H2,(H,15,20)(H,16,17,18,19)/t11-/m1/s1. The van der Waals surface area contributed by atoms with Crippen LogP contribution in [-0.2, 0) is 4.79 Å². The Hall–Kier alpha value is -2.48. The van der Waals surface area contributed by atoms with Gasteiger partial charge in [0.2, 0.25) is 5.91 Å². The van der Waals surface area contributed by atoms with E-state index in [0.717, 1.165) is 31.5 Å². The number of benzene rings is 1. The minimum absolute atomic E-state index is 0.00142. The maximum absolute atomic E-state index is 12.1. The van der Waals surface area contributed by atoms with Gasteiger partial charge in [0.25, 0.3) is 0 Å². The molecule has 1 fully saturated rings. The minimum atomic E-state index is -0.103. The molecule has 1 aromatic carbocycles. The smallest absolute Gasteiger partial charge is 0.361 e. The Balaban J connectivity index is 1.57. The summed E-state index contributed by atoms with van der Waals surface area (Å²) in [7, 11) is 0. The summed E-state index contributed by atoms with van der Waals surface area (Å²) in [4.78, 5) is 12.1. The summed E-state index contributed by atoms with van der Waals surface area (Å²) in [6, 6.07) is 7.07. The molecule has 0 radical (unpaired) electrons. The maximum Gasteiger partial charge on any atom is 0.361 e. The van der Waals surface area contributed by atoms with Crippen LogP contribution in [0.25, 0.3) is 0 Å². The van der Waals surface area contributed by atoms with Gasteiger partial charge < -0.3 is 15.4 Å². The number of rotatable bonds is 4. The monoisotopic (exact) mass is 288 g/mol. The van der Waals surface area contributed by atoms with Crippen LogP contribution in [0, 0.1) is 0 Å². The molecule has 2 heterocycles. The lowest BCUT2D eigenvalue weighted by molar-refractivity contribution is -0.118. The molecule has 1 aromatic heterocycles. The Kier molecular flexibility index (Phi) is 4.06. The molecule has 1 aliphatic rings. The lowest BCUT2D eigenvalue weighted by Gasteiger charge is -2.22. The highest BCUT2D eigenvalue weighted by atomic mass is 16.5. The van der Waals surface area contributed by atoms with Crippen LogP contribution in [0.2, 0.25) is 0 Å². The van der Waals surface area contributed by atoms with Crippen molar-refractivity contribution in [1.29, 1.82) is 0 Å². The highest BCUT2D eigenvalue weighted by Gasteiger charge is 2.20. The van der Waals surface area contributed by atoms with Crippen molar-refractivity contribution in [3.63, 3.8) is 0 Å². The number of tetrazole rings is 1. The fourth-order valence-electron chi connectivity index (χ4n) is 2.21. The quantitative estimate of drug-likeness (QED) is 0.777. The molecule has 110 valence electrons. The third-order valence-corrected chi connectivity index (χ3v) is 3.28. The molecule has 21 heavy (non-hydrogen) atoms. The number of H-pyrrole nitrogens is 1. The van der Waals surface area contributed by atoms with Gasteiger partial charge in [0.15, 0.2) is 0 Å². The Morgan fingerprint density at radius 2 is 2.14 bits per heavy atom. The van der Waals surface area contributed by atoms with Crippen molar-refractivity contribution in [1.82, 2.24) is 25.9 Å². The van der Waals surface area contributed by atoms with E-state index >= 15 is 0 Å². The summed E-state index contributed by atoms with van der Waals surface area (Å²) < 4.78 is 5.35. The molecule has 8 heteroatoms. The van der Waals surface area contributed by atoms with E-state index in [1.165, 1.54) is 0 Å². The van der Waals surface area contributed by atoms with E-state index in [2.05, 4.69) is 31.3 Å². The first-order chi connectivity index (χ1) is 10.3. The van der Waals surface area contributed by atoms with Gasteiger partial charge in [0.1, 0.15) is 5.75 Å². The van der Waals surface area contributed by atoms with Gasteiger partial charge in [-0.2, -0.15) is 5.21 Å². The van der Waals surface area contributed by atoms with Crippen LogP contribution in [0.15, 0.2) is 24.3 Å². The summed E-state index contributed by atoms with van der Waals surface area (Å²) in [5.74, 6) is 0.576. The second-order valence-corrected chi connectivity index (χ2v) is 4.81. The Morgan fingerprint density at radius 1 is 1.29 bits per heavy atom. The molecule has 0 spiro atoms. The summed E-state index contributed by atoms with van der Waals surface area (Å²) >= 11 is 0. The number of nitrogens with zero attached hydrogens (tertiary/aromatic N) is 3. The molecular weight excluding hydrogens is 272 g/mol. The number of ether oxygens (including phenoxy) is 1. The molecule has 0 aliphatic carbocycles. The molecule has 0 unspecified atom stereocenters. The average Bonchev–Trinajstić information content (AvgIpc) is 3.03. The van der Waals surface area contributed by atoms with Crippen LogP contribution >= 0.6 is 0 Å². The van der Waals surface area contributed by atoms with Crippen LogP contribution in [-0.4, -0.2) is 39.1 Å². The molecule has 1 aliphatic heterocycles. The van der Waals surface area contributed by atoms with E-state index in [-0.39, 0.29) is 18.0 Å². The second kappa shape index (κ2) is 6.31. The highest BCUT2D eigenvalue weighted by Crippen LogP contribution is 2.20. The SMILES string of the molecule is O=C(Nc1ccc(Oc2nn[nH]n2)cc1)[C@H]1CCCCN1. The zero-order valence-electron chi connectivity index (χ0n) is 11.4. The lowest BCUT2D eigenvalue weighted by atomic mass is 10.0. The first-order valence-electron chi connectivity index (χ1n) is 6.87. The van der Waals surface area contributed by atoms with E-state index in [1.807, 2.05) is 0 Å². The largest absolute Gasteiger partial charge is 0.422 e. The summed E-state index contributed by atoms with van der Waals surface area (Å²) in [6.07, 6.45) is 3.10. The van der Waals surface area contributed by atoms with Crippen molar-refractivity contribution in [2.24, 2.45) is 0 Å². The number of hydrogen-bond acceptors (Lipinski definition) is 6. The van der Waals surface area contributed by atoms with Gasteiger partial charge in [0, 0.05) is 5.69 Å². The van der Waals surface area contributed by atoms with Crippen LogP contribution in [0.4, 0.5) is 5.69 Å². The molecule has 0 saturated carbocycles. The van der Waals surface area contributed by atoms with Crippen molar-refractivity contribution in [3.05, 3.63) is 24.3 Å². The predicted octanol–water partition coefficient (Wildman–Crippen LogP) is 1.07. The molecular formula is C13H16N6O2. The van der Waals surface area contributed by atoms with Crippen LogP contribution in [0.1, 0.15) is 19.3 Å². The van der Waals surface area contributed by atoms with Crippen molar-refractivity contribution in [2.45, 2.75) is 25.3 Å². The molecule has 1 atom stereocenters. The minimum Gasteiger partial charge on any atom is -0.422 e. The molecule has 8 nitrogen and oxygen atoms in total. The third-order valence-electron chi connectivity index (χ3n) is 3.28. The molecule has 3 N–H and O–H groups in total. The van der Waals surface area contributed by atoms with Crippen LogP contribution in [0.3, 0.4) is 0 Å². The molecule has 3 rings (SSSR count). The predicted molar refractivity (Wildman–Crippen MR) is 75.0 cm³/mol. The first kappa shape index (κ1) is 13.5. The maximum atomic E-state index is 12.1. The van der Waals surface area contributed by atoms with Gasteiger partial charge in [-0.3, -0.25) is 4.79 Å². The van der Waals surface area contributed by atoms with Crippen molar-refractivity contribution in [2.75, 3.05) is 11.9 Å². The Labute approximate surface area is 121 Å². The molecule has 1 amide bonds. The van der Waals surface area contributed by atoms with Crippen molar-refractivity contribution >= 4 is 11.6 Å². The van der Waals surface area contributed by atoms with Crippen LogP contribution in [0.5, 0.6) is 11.8 Å². The van der Waals surface area contributed by atoms with E-state index < -0.39 is 0 Å². The van der Waals surface area contributed by atoms with E-state index in [9.17, 15) is 4.79 Å². The third kappa shape index (κ3) is 3.54. The Morgan fingerprint density at radius 3 is 2.81 bits per heavy atom. The van der Waals surface area contributed by atoms with Gasteiger partial charge >= 0.3 is 6.01 Å². The number of anilines is 1. The van der Waals surface area contributed by atoms with E-state index in [0.29, 0.717) is 5.75 Å². The zero-order valence-corrected chi connectivity index (χ0v) is 11.4. The number of aromatic amines is 1. The fraction of sp³-hybridized carbons (Fsp3) is 0.385. The summed E-state index contributed by atoms with van der Waals surface area (Å²) in [6.45, 7) is 0.898. The van der Waals surface area contributed by atoms with E-state index in [4.69, 9.17) is 4.74 Å². The number of amides is 1. The number of carbonyl (C=O) groups excluding carboxylic acids is 1. The number of carbonyl (C=O) groups is 1. The lowest BCUT2D eigenvalue weighted by Crippen LogP contribution is -2.43. The zero-order chi connectivity index (χ0) is 14.5. The summed E-state index contributed by atoms with van der Waals surface area (Å²) in [5.41, 5.74) is 0.729. The first-order valence-corrected chi connectivity index (χ1v) is 6.87. The molecule has 1 saturated heterocycles. The van der Waals surface area contributed by atoms with Gasteiger partial charge in [0.05, 0.1) is 6.04 Å². The topological polar surface area (TPSA) is 105 Å². The van der Waals surface area contributed by atoms with E-state index in [1.54, 1.807) is 24.3 Å². The van der Waals surface area contributed by atoms with Gasteiger partial charge in [-0.15, -0.1) is 0 Å². The van der Waals surface area contributed by atoms with Crippen LogP contribution < -0.4 is 15.4 Å². The summed E-state index contributed by atoms with van der Waals surface area (Å²) in [5, 5.41) is 19.2. The average molecular weight is 288 g/mol. The van der Waals surface area contributed by atoms with Gasteiger partial charge in [-0.05, 0) is 48.9 Å². The van der Waals surface area contributed by atoms with Crippen molar-refractivity contribution in [3.8, 4) is 11.8 Å². The van der Waals surface area contributed by atoms with Gasteiger partial charge in [-0.25, -0.2) is 0 Å². The highest BCUT2D eigenvalue weighted by molar-refractivity contribution is 5.94. The number of aromatic nitrogens is 4. The molecule has 2 aromatic rings. The number of hydrogen-bond donors (Lipinski definition) is 3. The second-order valence-electron chi connectivity index (χ2n) is 4.81. The fourth-order valence-corrected chi connectivity index (χ4v) is 2.21.